The molecule has 3 aromatic rings. The lowest BCUT2D eigenvalue weighted by atomic mass is 10.0. The first-order valence-corrected chi connectivity index (χ1v) is 14.6. The van der Waals surface area contributed by atoms with Crippen molar-refractivity contribution in [3.63, 3.8) is 0 Å². The third kappa shape index (κ3) is 8.17. The van der Waals surface area contributed by atoms with E-state index in [4.69, 9.17) is 0 Å². The van der Waals surface area contributed by atoms with Crippen LogP contribution in [0.5, 0.6) is 0 Å². The number of carbonyl (C=O) groups excluding carboxylic acids is 2. The van der Waals surface area contributed by atoms with Gasteiger partial charge >= 0.3 is 0 Å². The molecule has 0 aliphatic heterocycles. The third-order valence-corrected chi connectivity index (χ3v) is 8.11. The minimum Gasteiger partial charge on any atom is -0.352 e. The van der Waals surface area contributed by atoms with Crippen LogP contribution in [-0.2, 0) is 28.3 Å². The zero-order valence-electron chi connectivity index (χ0n) is 20.7. The van der Waals surface area contributed by atoms with Crippen LogP contribution in [0.4, 0.5) is 4.39 Å². The molecule has 2 amide bonds. The van der Waals surface area contributed by atoms with Crippen LogP contribution in [0, 0.1) is 5.82 Å². The maximum atomic E-state index is 14.1. The number of rotatable bonds is 11. The van der Waals surface area contributed by atoms with E-state index in [9.17, 15) is 14.0 Å². The largest absolute Gasteiger partial charge is 0.352 e. The van der Waals surface area contributed by atoms with Gasteiger partial charge in [0, 0.05) is 29.2 Å². The number of amides is 2. The molecule has 0 spiro atoms. The molecule has 37 heavy (non-hydrogen) atoms. The Morgan fingerprint density at radius 2 is 1.68 bits per heavy atom. The lowest BCUT2D eigenvalue weighted by molar-refractivity contribution is -0.139. The van der Waals surface area contributed by atoms with E-state index in [1.807, 2.05) is 54.6 Å². The number of carbonyl (C=O) groups is 2. The van der Waals surface area contributed by atoms with E-state index in [2.05, 4.69) is 21.2 Å². The van der Waals surface area contributed by atoms with Gasteiger partial charge in [0.1, 0.15) is 11.9 Å². The monoisotopic (exact) mass is 582 g/mol. The molecule has 0 bridgehead atoms. The maximum Gasteiger partial charge on any atom is 0.243 e. The van der Waals surface area contributed by atoms with Crippen molar-refractivity contribution in [1.82, 2.24) is 10.2 Å². The average Bonchev–Trinajstić information content (AvgIpc) is 3.41. The number of hydrogen-bond donors (Lipinski definition) is 1. The summed E-state index contributed by atoms with van der Waals surface area (Å²) in [7, 11) is 0. The van der Waals surface area contributed by atoms with Crippen molar-refractivity contribution in [1.29, 1.82) is 0 Å². The van der Waals surface area contributed by atoms with E-state index in [0.29, 0.717) is 24.3 Å². The molecule has 0 heterocycles. The van der Waals surface area contributed by atoms with Crippen LogP contribution in [0.1, 0.15) is 42.4 Å². The zero-order valence-corrected chi connectivity index (χ0v) is 23.1. The zero-order chi connectivity index (χ0) is 26.0. The Bertz CT molecular complexity index is 1190. The summed E-state index contributed by atoms with van der Waals surface area (Å²) in [5, 5.41) is 3.22. The van der Waals surface area contributed by atoms with Gasteiger partial charge in [-0.3, -0.25) is 9.59 Å². The van der Waals surface area contributed by atoms with E-state index in [1.54, 1.807) is 23.1 Å². The van der Waals surface area contributed by atoms with Gasteiger partial charge in [0.2, 0.25) is 11.8 Å². The van der Waals surface area contributed by atoms with Crippen LogP contribution < -0.4 is 5.32 Å². The maximum absolute atomic E-state index is 14.1. The SMILES string of the molecule is O=C(NC1CCCC1)[C@H](Cc1ccccc1)N(Cc1cccc(Br)c1)C(=O)CSCc1ccccc1F. The number of halogens is 2. The topological polar surface area (TPSA) is 49.4 Å². The summed E-state index contributed by atoms with van der Waals surface area (Å²) in [4.78, 5) is 29.1. The van der Waals surface area contributed by atoms with Gasteiger partial charge in [0.15, 0.2) is 0 Å². The van der Waals surface area contributed by atoms with Gasteiger partial charge in [0.05, 0.1) is 5.75 Å². The van der Waals surface area contributed by atoms with Crippen LogP contribution in [-0.4, -0.2) is 34.6 Å². The normalized spacial score (nSPS) is 14.3. The molecule has 0 radical (unpaired) electrons. The van der Waals surface area contributed by atoms with Crippen LogP contribution in [0.2, 0.25) is 0 Å². The lowest BCUT2D eigenvalue weighted by Crippen LogP contribution is -2.52. The summed E-state index contributed by atoms with van der Waals surface area (Å²) in [5.41, 5.74) is 2.51. The van der Waals surface area contributed by atoms with Crippen molar-refractivity contribution >= 4 is 39.5 Å². The number of thioether (sulfide) groups is 1. The number of hydrogen-bond acceptors (Lipinski definition) is 3. The second-order valence-corrected chi connectivity index (χ2v) is 11.3. The van der Waals surface area contributed by atoms with Gasteiger partial charge in [-0.25, -0.2) is 4.39 Å². The van der Waals surface area contributed by atoms with E-state index >= 15 is 0 Å². The molecule has 0 unspecified atom stereocenters. The Balaban J connectivity index is 1.57. The Hall–Kier alpha value is -2.64. The minimum atomic E-state index is -0.649. The number of benzene rings is 3. The van der Waals surface area contributed by atoms with Gasteiger partial charge in [-0.2, -0.15) is 0 Å². The van der Waals surface area contributed by atoms with E-state index in [0.717, 1.165) is 41.3 Å². The summed E-state index contributed by atoms with van der Waals surface area (Å²) in [5.74, 6) is 0.0267. The Kier molecular flexibility index (Phi) is 10.2. The molecule has 1 saturated carbocycles. The van der Waals surface area contributed by atoms with Crippen molar-refractivity contribution in [2.75, 3.05) is 5.75 Å². The van der Waals surface area contributed by atoms with Crippen LogP contribution >= 0.6 is 27.7 Å². The van der Waals surface area contributed by atoms with Crippen LogP contribution in [0.3, 0.4) is 0 Å². The fraction of sp³-hybridized carbons (Fsp3) is 0.333. The molecule has 3 aromatic carbocycles. The Morgan fingerprint density at radius 3 is 2.41 bits per heavy atom. The third-order valence-electron chi connectivity index (χ3n) is 6.66. The standard InChI is InChI=1S/C30H32BrFN2O2S/c31-25-13-8-11-23(17-25)19-34(29(35)21-37-20-24-12-4-7-16-27(24)32)28(18-22-9-2-1-3-10-22)30(36)33-26-14-5-6-15-26/h1-4,7-13,16-17,26,28H,5-6,14-15,18-21H2,(H,33,36)/t28-/m0/s1. The Morgan fingerprint density at radius 1 is 0.973 bits per heavy atom. The summed E-state index contributed by atoms with van der Waals surface area (Å²) >= 11 is 4.89. The van der Waals surface area contributed by atoms with Gasteiger partial charge < -0.3 is 10.2 Å². The van der Waals surface area contributed by atoms with E-state index in [1.165, 1.54) is 17.8 Å². The van der Waals surface area contributed by atoms with Gasteiger partial charge in [-0.15, -0.1) is 11.8 Å². The van der Waals surface area contributed by atoms with Crippen molar-refractivity contribution in [2.24, 2.45) is 0 Å². The molecular weight excluding hydrogens is 551 g/mol. The fourth-order valence-corrected chi connectivity index (χ4v) is 6.04. The van der Waals surface area contributed by atoms with Crippen molar-refractivity contribution < 1.29 is 14.0 Å². The van der Waals surface area contributed by atoms with Crippen molar-refractivity contribution in [3.8, 4) is 0 Å². The first kappa shape index (κ1) is 27.4. The summed E-state index contributed by atoms with van der Waals surface area (Å²) in [6, 6.07) is 23.8. The molecule has 0 saturated heterocycles. The predicted molar refractivity (Wildman–Crippen MR) is 152 cm³/mol. The van der Waals surface area contributed by atoms with Gasteiger partial charge in [-0.05, 0) is 47.7 Å². The molecule has 1 N–H and O–H groups in total. The smallest absolute Gasteiger partial charge is 0.243 e. The fourth-order valence-electron chi connectivity index (χ4n) is 4.70. The summed E-state index contributed by atoms with van der Waals surface area (Å²) in [6.07, 6.45) is 4.60. The average molecular weight is 584 g/mol. The van der Waals surface area contributed by atoms with Crippen molar-refractivity contribution in [2.45, 2.75) is 56.5 Å². The lowest BCUT2D eigenvalue weighted by Gasteiger charge is -2.32. The molecule has 7 heteroatoms. The number of nitrogens with zero attached hydrogens (tertiary/aromatic N) is 1. The highest BCUT2D eigenvalue weighted by atomic mass is 79.9. The molecule has 4 nitrogen and oxygen atoms in total. The molecule has 1 aliphatic rings. The predicted octanol–water partition coefficient (Wildman–Crippen LogP) is 6.52. The first-order valence-electron chi connectivity index (χ1n) is 12.7. The molecular formula is C30H32BrFN2O2S. The van der Waals surface area contributed by atoms with Gasteiger partial charge in [0.25, 0.3) is 0 Å². The summed E-state index contributed by atoms with van der Waals surface area (Å²) < 4.78 is 15.0. The van der Waals surface area contributed by atoms with E-state index in [-0.39, 0.29) is 29.4 Å². The van der Waals surface area contributed by atoms with Crippen LogP contribution in [0.25, 0.3) is 0 Å². The quantitative estimate of drug-likeness (QED) is 0.280. The number of nitrogens with one attached hydrogen (secondary N) is 1. The molecule has 1 aliphatic carbocycles. The molecule has 1 atom stereocenters. The highest BCUT2D eigenvalue weighted by Gasteiger charge is 2.32. The first-order chi connectivity index (χ1) is 18.0. The summed E-state index contributed by atoms with van der Waals surface area (Å²) in [6.45, 7) is 0.314. The molecule has 4 rings (SSSR count). The van der Waals surface area contributed by atoms with Crippen LogP contribution in [0.15, 0.2) is 83.3 Å². The highest BCUT2D eigenvalue weighted by Crippen LogP contribution is 2.22. The van der Waals surface area contributed by atoms with E-state index < -0.39 is 6.04 Å². The van der Waals surface area contributed by atoms with Gasteiger partial charge in [-0.1, -0.05) is 89.4 Å². The highest BCUT2D eigenvalue weighted by molar-refractivity contribution is 9.10. The van der Waals surface area contributed by atoms with Crippen molar-refractivity contribution in [3.05, 3.63) is 106 Å². The molecule has 1 fully saturated rings. The minimum absolute atomic E-state index is 0.113. The second-order valence-electron chi connectivity index (χ2n) is 9.43. The second kappa shape index (κ2) is 13.8. The molecule has 194 valence electrons. The Labute approximate surface area is 231 Å². The molecule has 0 aromatic heterocycles.